The van der Waals surface area contributed by atoms with E-state index in [9.17, 15) is 4.79 Å². The molecule has 1 rings (SSSR count). The van der Waals surface area contributed by atoms with Crippen LogP contribution >= 0.6 is 0 Å². The molecule has 1 aromatic rings. The number of hydrogen-bond donors (Lipinski definition) is 2. The fourth-order valence-corrected chi connectivity index (χ4v) is 1.50. The van der Waals surface area contributed by atoms with Gasteiger partial charge in [-0.25, -0.2) is 0 Å². The summed E-state index contributed by atoms with van der Waals surface area (Å²) in [5, 5.41) is 0. The second-order valence-corrected chi connectivity index (χ2v) is 3.83. The van der Waals surface area contributed by atoms with Crippen molar-refractivity contribution >= 4 is 11.6 Å². The van der Waals surface area contributed by atoms with E-state index in [0.29, 0.717) is 13.0 Å². The van der Waals surface area contributed by atoms with Gasteiger partial charge in [0.05, 0.1) is 0 Å². The van der Waals surface area contributed by atoms with Crippen LogP contribution in [0, 0.1) is 0 Å². The minimum atomic E-state index is -0.254. The van der Waals surface area contributed by atoms with Crippen molar-refractivity contribution < 1.29 is 4.79 Å². The molecule has 0 atom stereocenters. The van der Waals surface area contributed by atoms with E-state index in [1.165, 1.54) is 5.56 Å². The lowest BCUT2D eigenvalue weighted by Crippen LogP contribution is -2.27. The smallest absolute Gasteiger partial charge is 0.218 e. The van der Waals surface area contributed by atoms with Crippen molar-refractivity contribution in [2.24, 2.45) is 5.73 Å². The van der Waals surface area contributed by atoms with Gasteiger partial charge in [0.15, 0.2) is 0 Å². The van der Waals surface area contributed by atoms with Crippen LogP contribution in [0.1, 0.15) is 18.9 Å². The van der Waals surface area contributed by atoms with Crippen LogP contribution in [-0.4, -0.2) is 23.9 Å². The molecule has 4 heteroatoms. The van der Waals surface area contributed by atoms with Gasteiger partial charge in [0.1, 0.15) is 0 Å². The third-order valence-corrected chi connectivity index (χ3v) is 2.51. The van der Waals surface area contributed by atoms with Crippen molar-refractivity contribution in [3.05, 3.63) is 29.8 Å². The summed E-state index contributed by atoms with van der Waals surface area (Å²) in [4.78, 5) is 12.9. The first-order chi connectivity index (χ1) is 7.61. The van der Waals surface area contributed by atoms with Gasteiger partial charge in [0.2, 0.25) is 5.91 Å². The van der Waals surface area contributed by atoms with Gasteiger partial charge in [0.25, 0.3) is 0 Å². The monoisotopic (exact) mass is 221 g/mol. The zero-order chi connectivity index (χ0) is 12.0. The topological polar surface area (TPSA) is 72.3 Å². The molecule has 0 unspecified atom stereocenters. The molecule has 1 aromatic carbocycles. The highest BCUT2D eigenvalue weighted by molar-refractivity contribution is 5.73. The summed E-state index contributed by atoms with van der Waals surface area (Å²) < 4.78 is 0. The minimum Gasteiger partial charge on any atom is -0.399 e. The molecule has 0 aliphatic heterocycles. The largest absolute Gasteiger partial charge is 0.399 e. The van der Waals surface area contributed by atoms with Crippen LogP contribution < -0.4 is 11.5 Å². The van der Waals surface area contributed by atoms with Crippen LogP contribution in [-0.2, 0) is 11.3 Å². The Kier molecular flexibility index (Phi) is 4.79. The molecule has 0 bridgehead atoms. The van der Waals surface area contributed by atoms with Gasteiger partial charge >= 0.3 is 0 Å². The first kappa shape index (κ1) is 12.5. The average Bonchev–Trinajstić information content (AvgIpc) is 2.26. The van der Waals surface area contributed by atoms with E-state index < -0.39 is 0 Å². The van der Waals surface area contributed by atoms with Gasteiger partial charge in [0, 0.05) is 25.2 Å². The molecule has 0 aliphatic rings. The van der Waals surface area contributed by atoms with Crippen molar-refractivity contribution in [1.82, 2.24) is 4.90 Å². The van der Waals surface area contributed by atoms with Crippen LogP contribution in [0.2, 0.25) is 0 Å². The lowest BCUT2D eigenvalue weighted by atomic mass is 10.2. The fraction of sp³-hybridized carbons (Fsp3) is 0.417. The first-order valence-electron chi connectivity index (χ1n) is 5.47. The Balaban J connectivity index is 2.49. The maximum absolute atomic E-state index is 10.7. The summed E-state index contributed by atoms with van der Waals surface area (Å²) in [6.07, 6.45) is 0.406. The fourth-order valence-electron chi connectivity index (χ4n) is 1.50. The number of carbonyl (C=O) groups excluding carboxylic acids is 1. The van der Waals surface area contributed by atoms with Crippen molar-refractivity contribution in [2.75, 3.05) is 18.8 Å². The highest BCUT2D eigenvalue weighted by Crippen LogP contribution is 2.08. The Morgan fingerprint density at radius 2 is 1.94 bits per heavy atom. The Labute approximate surface area is 96.2 Å². The lowest BCUT2D eigenvalue weighted by Gasteiger charge is -2.19. The number of nitrogen functional groups attached to an aromatic ring is 1. The summed E-state index contributed by atoms with van der Waals surface area (Å²) in [5.74, 6) is -0.254. The molecule has 0 aromatic heterocycles. The number of nitrogens with zero attached hydrogens (tertiary/aromatic N) is 1. The summed E-state index contributed by atoms with van der Waals surface area (Å²) in [6.45, 7) is 4.50. The Morgan fingerprint density at radius 1 is 1.31 bits per heavy atom. The Bertz CT molecular complexity index is 335. The SMILES string of the molecule is CCN(CCC(N)=O)Cc1ccc(N)cc1. The number of rotatable bonds is 6. The zero-order valence-corrected chi connectivity index (χ0v) is 9.65. The third-order valence-electron chi connectivity index (χ3n) is 2.51. The van der Waals surface area contributed by atoms with Crippen LogP contribution in [0.4, 0.5) is 5.69 Å². The van der Waals surface area contributed by atoms with Gasteiger partial charge in [-0.3, -0.25) is 9.69 Å². The molecule has 0 aliphatic carbocycles. The van der Waals surface area contributed by atoms with Gasteiger partial charge < -0.3 is 11.5 Å². The Hall–Kier alpha value is -1.55. The van der Waals surface area contributed by atoms with Crippen molar-refractivity contribution in [2.45, 2.75) is 19.9 Å². The molecule has 88 valence electrons. The molecule has 4 nitrogen and oxygen atoms in total. The van der Waals surface area contributed by atoms with Crippen LogP contribution in [0.3, 0.4) is 0 Å². The summed E-state index contributed by atoms with van der Waals surface area (Å²) in [6, 6.07) is 7.78. The molecule has 16 heavy (non-hydrogen) atoms. The highest BCUT2D eigenvalue weighted by Gasteiger charge is 2.05. The van der Waals surface area contributed by atoms with Crippen molar-refractivity contribution in [1.29, 1.82) is 0 Å². The van der Waals surface area contributed by atoms with E-state index in [1.54, 1.807) is 0 Å². The molecule has 0 fully saturated rings. The number of benzene rings is 1. The number of anilines is 1. The number of amides is 1. The Morgan fingerprint density at radius 3 is 2.44 bits per heavy atom. The van der Waals surface area contributed by atoms with E-state index in [4.69, 9.17) is 11.5 Å². The molecule has 0 radical (unpaired) electrons. The second kappa shape index (κ2) is 6.12. The molecule has 0 saturated heterocycles. The van der Waals surface area contributed by atoms with E-state index in [1.807, 2.05) is 24.3 Å². The zero-order valence-electron chi connectivity index (χ0n) is 9.65. The van der Waals surface area contributed by atoms with Gasteiger partial charge in [-0.05, 0) is 24.2 Å². The number of hydrogen-bond acceptors (Lipinski definition) is 3. The maximum atomic E-state index is 10.7. The summed E-state index contributed by atoms with van der Waals surface area (Å²) in [7, 11) is 0. The average molecular weight is 221 g/mol. The molecule has 4 N–H and O–H groups in total. The van der Waals surface area contributed by atoms with Crippen LogP contribution in [0.15, 0.2) is 24.3 Å². The van der Waals surface area contributed by atoms with Crippen molar-refractivity contribution in [3.8, 4) is 0 Å². The van der Waals surface area contributed by atoms with E-state index >= 15 is 0 Å². The lowest BCUT2D eigenvalue weighted by molar-refractivity contribution is -0.118. The van der Waals surface area contributed by atoms with E-state index in [-0.39, 0.29) is 5.91 Å². The van der Waals surface area contributed by atoms with E-state index in [0.717, 1.165) is 18.8 Å². The summed E-state index contributed by atoms with van der Waals surface area (Å²) in [5.41, 5.74) is 12.7. The minimum absolute atomic E-state index is 0.254. The number of carbonyl (C=O) groups is 1. The van der Waals surface area contributed by atoms with Gasteiger partial charge in [-0.1, -0.05) is 19.1 Å². The van der Waals surface area contributed by atoms with Crippen LogP contribution in [0.5, 0.6) is 0 Å². The molecule has 0 saturated carbocycles. The molecule has 0 spiro atoms. The van der Waals surface area contributed by atoms with Crippen molar-refractivity contribution in [3.63, 3.8) is 0 Å². The second-order valence-electron chi connectivity index (χ2n) is 3.83. The maximum Gasteiger partial charge on any atom is 0.218 e. The molecule has 1 amide bonds. The predicted molar refractivity (Wildman–Crippen MR) is 65.6 cm³/mol. The van der Waals surface area contributed by atoms with E-state index in [2.05, 4.69) is 11.8 Å². The van der Waals surface area contributed by atoms with Crippen LogP contribution in [0.25, 0.3) is 0 Å². The van der Waals surface area contributed by atoms with Gasteiger partial charge in [-0.2, -0.15) is 0 Å². The number of primary amides is 1. The molecule has 0 heterocycles. The first-order valence-corrected chi connectivity index (χ1v) is 5.47. The van der Waals surface area contributed by atoms with Gasteiger partial charge in [-0.15, -0.1) is 0 Å². The quantitative estimate of drug-likeness (QED) is 0.703. The number of nitrogens with two attached hydrogens (primary N) is 2. The predicted octanol–water partition coefficient (Wildman–Crippen LogP) is 0.966. The normalized spacial score (nSPS) is 10.6. The molecular formula is C12H19N3O. The molecular weight excluding hydrogens is 202 g/mol. The highest BCUT2D eigenvalue weighted by atomic mass is 16.1. The third kappa shape index (κ3) is 4.31. The standard InChI is InChI=1S/C12H19N3O/c1-2-15(8-7-12(14)16)9-10-3-5-11(13)6-4-10/h3-6H,2,7-9,13H2,1H3,(H2,14,16). The summed E-state index contributed by atoms with van der Waals surface area (Å²) >= 11 is 0.